The van der Waals surface area contributed by atoms with E-state index in [1.165, 1.54) is 5.56 Å². The first-order chi connectivity index (χ1) is 9.54. The molecule has 0 aliphatic rings. The molecule has 0 heterocycles. The Morgan fingerprint density at radius 1 is 1.20 bits per heavy atom. The van der Waals surface area contributed by atoms with Crippen LogP contribution in [-0.4, -0.2) is 6.04 Å². The largest absolute Gasteiger partial charge is 0.456 e. The Morgan fingerprint density at radius 2 is 2.00 bits per heavy atom. The van der Waals surface area contributed by atoms with Crippen LogP contribution in [0.5, 0.6) is 11.5 Å². The van der Waals surface area contributed by atoms with E-state index in [2.05, 4.69) is 47.2 Å². The summed E-state index contributed by atoms with van der Waals surface area (Å²) in [5.74, 6) is 1.51. The molecule has 0 saturated carbocycles. The Labute approximate surface area is 133 Å². The van der Waals surface area contributed by atoms with E-state index in [-0.39, 0.29) is 0 Å². The van der Waals surface area contributed by atoms with E-state index >= 15 is 0 Å². The molecule has 106 valence electrons. The van der Waals surface area contributed by atoms with Crippen LogP contribution in [0.1, 0.15) is 19.4 Å². The fraction of sp³-hybridized carbons (Fsp3) is 0.250. The Morgan fingerprint density at radius 3 is 2.65 bits per heavy atom. The first kappa shape index (κ1) is 15.4. The van der Waals surface area contributed by atoms with Crippen molar-refractivity contribution < 1.29 is 4.74 Å². The maximum Gasteiger partial charge on any atom is 0.141 e. The molecule has 0 aliphatic heterocycles. The highest BCUT2D eigenvalue weighted by atomic mass is 79.9. The van der Waals surface area contributed by atoms with E-state index in [0.29, 0.717) is 11.1 Å². The van der Waals surface area contributed by atoms with Crippen molar-refractivity contribution in [2.75, 3.05) is 0 Å². The summed E-state index contributed by atoms with van der Waals surface area (Å²) in [6, 6.07) is 13.9. The molecule has 2 aromatic carbocycles. The third-order valence-corrected chi connectivity index (χ3v) is 3.59. The predicted octanol–water partition coefficient (Wildman–Crippen LogP) is 5.39. The molecule has 0 spiro atoms. The number of halogens is 2. The van der Waals surface area contributed by atoms with Crippen molar-refractivity contribution >= 4 is 27.5 Å². The summed E-state index contributed by atoms with van der Waals surface area (Å²) in [6.45, 7) is 5.10. The Hall–Kier alpha value is -1.03. The molecule has 0 amide bonds. The Bertz CT molecular complexity index is 586. The zero-order chi connectivity index (χ0) is 14.5. The fourth-order valence-electron chi connectivity index (χ4n) is 1.72. The van der Waals surface area contributed by atoms with Crippen molar-refractivity contribution in [1.29, 1.82) is 0 Å². The van der Waals surface area contributed by atoms with Gasteiger partial charge in [-0.2, -0.15) is 0 Å². The van der Waals surface area contributed by atoms with Crippen LogP contribution in [0.25, 0.3) is 0 Å². The Balaban J connectivity index is 2.09. The van der Waals surface area contributed by atoms with Crippen LogP contribution >= 0.6 is 27.5 Å². The second-order valence-corrected chi connectivity index (χ2v) is 6.15. The third-order valence-electron chi connectivity index (χ3n) is 2.73. The van der Waals surface area contributed by atoms with E-state index in [0.717, 1.165) is 22.5 Å². The van der Waals surface area contributed by atoms with Crippen molar-refractivity contribution in [3.63, 3.8) is 0 Å². The van der Waals surface area contributed by atoms with Gasteiger partial charge in [-0.1, -0.05) is 37.6 Å². The predicted molar refractivity (Wildman–Crippen MR) is 87.6 cm³/mol. The molecule has 0 fully saturated rings. The van der Waals surface area contributed by atoms with Gasteiger partial charge in [0.1, 0.15) is 11.5 Å². The summed E-state index contributed by atoms with van der Waals surface area (Å²) >= 11 is 9.49. The molecule has 0 bridgehead atoms. The molecule has 0 atom stereocenters. The van der Waals surface area contributed by atoms with Crippen LogP contribution < -0.4 is 10.1 Å². The molecule has 0 aromatic heterocycles. The lowest BCUT2D eigenvalue weighted by atomic mass is 10.2. The van der Waals surface area contributed by atoms with Gasteiger partial charge < -0.3 is 10.1 Å². The van der Waals surface area contributed by atoms with Gasteiger partial charge in [-0.15, -0.1) is 0 Å². The van der Waals surface area contributed by atoms with E-state index in [1.54, 1.807) is 6.07 Å². The maximum atomic E-state index is 5.95. The van der Waals surface area contributed by atoms with Crippen molar-refractivity contribution in [2.24, 2.45) is 0 Å². The van der Waals surface area contributed by atoms with Gasteiger partial charge in [0.15, 0.2) is 0 Å². The van der Waals surface area contributed by atoms with E-state index in [1.807, 2.05) is 24.3 Å². The molecule has 0 radical (unpaired) electrons. The smallest absolute Gasteiger partial charge is 0.141 e. The van der Waals surface area contributed by atoms with Crippen molar-refractivity contribution in [3.8, 4) is 11.5 Å². The molecule has 20 heavy (non-hydrogen) atoms. The topological polar surface area (TPSA) is 21.3 Å². The van der Waals surface area contributed by atoms with Crippen LogP contribution in [-0.2, 0) is 6.54 Å². The molecule has 4 heteroatoms. The van der Waals surface area contributed by atoms with Crippen molar-refractivity contribution in [1.82, 2.24) is 5.32 Å². The summed E-state index contributed by atoms with van der Waals surface area (Å²) < 4.78 is 6.75. The van der Waals surface area contributed by atoms with Gasteiger partial charge in [0.2, 0.25) is 0 Å². The average Bonchev–Trinajstić information content (AvgIpc) is 2.39. The first-order valence-corrected chi connectivity index (χ1v) is 7.67. The molecular weight excluding hydrogens is 338 g/mol. The van der Waals surface area contributed by atoms with Gasteiger partial charge in [-0.3, -0.25) is 0 Å². The van der Waals surface area contributed by atoms with Crippen LogP contribution in [0.4, 0.5) is 0 Å². The molecule has 0 unspecified atom stereocenters. The summed E-state index contributed by atoms with van der Waals surface area (Å²) in [5, 5.41) is 4.05. The number of rotatable bonds is 5. The zero-order valence-corrected chi connectivity index (χ0v) is 13.8. The number of hydrogen-bond acceptors (Lipinski definition) is 2. The van der Waals surface area contributed by atoms with Gasteiger partial charge in [-0.25, -0.2) is 0 Å². The van der Waals surface area contributed by atoms with Gasteiger partial charge >= 0.3 is 0 Å². The average molecular weight is 355 g/mol. The number of ether oxygens (including phenoxy) is 1. The van der Waals surface area contributed by atoms with Crippen LogP contribution in [0, 0.1) is 0 Å². The lowest BCUT2D eigenvalue weighted by Crippen LogP contribution is -2.21. The van der Waals surface area contributed by atoms with Gasteiger partial charge in [0.05, 0.1) is 4.47 Å². The summed E-state index contributed by atoms with van der Waals surface area (Å²) in [4.78, 5) is 0. The first-order valence-electron chi connectivity index (χ1n) is 6.50. The van der Waals surface area contributed by atoms with Gasteiger partial charge in [-0.05, 0) is 51.8 Å². The maximum absolute atomic E-state index is 5.95. The lowest BCUT2D eigenvalue weighted by molar-refractivity contribution is 0.479. The highest BCUT2D eigenvalue weighted by molar-refractivity contribution is 9.10. The highest BCUT2D eigenvalue weighted by Gasteiger charge is 2.05. The summed E-state index contributed by atoms with van der Waals surface area (Å²) in [7, 11) is 0. The SMILES string of the molecule is CC(C)NCc1ccc(Oc2cccc(Cl)c2)c(Br)c1. The minimum absolute atomic E-state index is 0.469. The van der Waals surface area contributed by atoms with Crippen LogP contribution in [0.2, 0.25) is 5.02 Å². The second kappa shape index (κ2) is 7.11. The third kappa shape index (κ3) is 4.51. The fourth-order valence-corrected chi connectivity index (χ4v) is 2.40. The molecule has 1 N–H and O–H groups in total. The molecule has 0 saturated heterocycles. The highest BCUT2D eigenvalue weighted by Crippen LogP contribution is 2.31. The second-order valence-electron chi connectivity index (χ2n) is 4.86. The van der Waals surface area contributed by atoms with E-state index < -0.39 is 0 Å². The normalized spacial score (nSPS) is 10.8. The Kier molecular flexibility index (Phi) is 5.46. The molecule has 2 rings (SSSR count). The van der Waals surface area contributed by atoms with E-state index in [9.17, 15) is 0 Å². The van der Waals surface area contributed by atoms with Crippen LogP contribution in [0.3, 0.4) is 0 Å². The standard InChI is InChI=1S/C16H17BrClNO/c1-11(2)19-10-12-6-7-16(15(17)8-12)20-14-5-3-4-13(18)9-14/h3-9,11,19H,10H2,1-2H3. The summed E-state index contributed by atoms with van der Waals surface area (Å²) in [6.07, 6.45) is 0. The minimum atomic E-state index is 0.469. The summed E-state index contributed by atoms with van der Waals surface area (Å²) in [5.41, 5.74) is 1.21. The van der Waals surface area contributed by atoms with Crippen molar-refractivity contribution in [2.45, 2.75) is 26.4 Å². The quantitative estimate of drug-likeness (QED) is 0.777. The lowest BCUT2D eigenvalue weighted by Gasteiger charge is -2.11. The molecule has 2 nitrogen and oxygen atoms in total. The molecular formula is C16H17BrClNO. The number of nitrogens with one attached hydrogen (secondary N) is 1. The number of hydrogen-bond donors (Lipinski definition) is 1. The zero-order valence-electron chi connectivity index (χ0n) is 11.5. The minimum Gasteiger partial charge on any atom is -0.456 e. The monoisotopic (exact) mass is 353 g/mol. The van der Waals surface area contributed by atoms with Gasteiger partial charge in [0, 0.05) is 17.6 Å². The van der Waals surface area contributed by atoms with Gasteiger partial charge in [0.25, 0.3) is 0 Å². The van der Waals surface area contributed by atoms with E-state index in [4.69, 9.17) is 16.3 Å². The molecule has 0 aliphatic carbocycles. The van der Waals surface area contributed by atoms with Crippen molar-refractivity contribution in [3.05, 3.63) is 57.5 Å². The van der Waals surface area contributed by atoms with Crippen LogP contribution in [0.15, 0.2) is 46.9 Å². The number of benzene rings is 2. The molecule has 2 aromatic rings.